The Labute approximate surface area is 406 Å². The maximum Gasteiger partial charge on any atom is 0.268 e. The third-order valence-electron chi connectivity index (χ3n) is 11.5. The first kappa shape index (κ1) is 31.3. The summed E-state index contributed by atoms with van der Waals surface area (Å²) in [6, 6.07) is 41.0. The molecular formula is C58H50N4OPt-2. The summed E-state index contributed by atoms with van der Waals surface area (Å²) in [6.07, 6.45) is 5.34. The first-order valence-electron chi connectivity index (χ1n) is 26.3. The van der Waals surface area contributed by atoms with Gasteiger partial charge in [0, 0.05) is 52.5 Å². The molecule has 0 spiro atoms. The summed E-state index contributed by atoms with van der Waals surface area (Å²) in [5.74, 6) is 1.46. The zero-order valence-corrected chi connectivity index (χ0v) is 38.4. The van der Waals surface area contributed by atoms with Crippen molar-refractivity contribution in [1.29, 1.82) is 0 Å². The molecule has 10 aromatic rings. The van der Waals surface area contributed by atoms with Gasteiger partial charge in [-0.2, -0.15) is 18.2 Å². The van der Waals surface area contributed by atoms with E-state index in [9.17, 15) is 0 Å². The minimum Gasteiger partial charge on any atom is -0.510 e. The van der Waals surface area contributed by atoms with Crippen LogP contribution in [0.2, 0.25) is 0 Å². The van der Waals surface area contributed by atoms with Gasteiger partial charge in [0.05, 0.1) is 23.6 Å². The number of nitrogens with zero attached hydrogens (tertiary/aromatic N) is 4. The molecule has 10 rings (SSSR count). The van der Waals surface area contributed by atoms with Crippen LogP contribution in [0.1, 0.15) is 78.9 Å². The van der Waals surface area contributed by atoms with Gasteiger partial charge in [-0.1, -0.05) is 144 Å². The molecule has 320 valence electrons. The Morgan fingerprint density at radius 2 is 1.42 bits per heavy atom. The van der Waals surface area contributed by atoms with Gasteiger partial charge < -0.3 is 13.9 Å². The summed E-state index contributed by atoms with van der Waals surface area (Å²) in [4.78, 5) is 4.81. The van der Waals surface area contributed by atoms with Crippen LogP contribution in [-0.4, -0.2) is 14.1 Å². The number of fused-ring (bicyclic) bond motifs is 4. The third-order valence-corrected chi connectivity index (χ3v) is 11.5. The van der Waals surface area contributed by atoms with Gasteiger partial charge in [-0.25, -0.2) is 4.98 Å². The maximum atomic E-state index is 9.09. The number of para-hydroxylation sites is 2. The zero-order chi connectivity index (χ0) is 53.0. The molecule has 6 heteroatoms. The molecule has 0 saturated carbocycles. The minimum absolute atomic E-state index is 0. The number of hydrogen-bond acceptors (Lipinski definition) is 2. The molecule has 0 bridgehead atoms. The van der Waals surface area contributed by atoms with Gasteiger partial charge in [-0.3, -0.25) is 4.57 Å². The fourth-order valence-electron chi connectivity index (χ4n) is 8.37. The van der Waals surface area contributed by atoms with Crippen molar-refractivity contribution < 1.29 is 45.4 Å². The largest absolute Gasteiger partial charge is 0.510 e. The Morgan fingerprint density at radius 1 is 0.672 bits per heavy atom. The predicted molar refractivity (Wildman–Crippen MR) is 258 cm³/mol. The molecule has 0 aliphatic carbocycles. The molecule has 0 aliphatic rings. The Morgan fingerprint density at radius 3 is 2.19 bits per heavy atom. The van der Waals surface area contributed by atoms with Crippen LogP contribution in [-0.2, 0) is 31.9 Å². The molecule has 3 heterocycles. The van der Waals surface area contributed by atoms with Gasteiger partial charge in [-0.15, -0.1) is 29.7 Å². The number of aromatic nitrogens is 4. The van der Waals surface area contributed by atoms with E-state index in [2.05, 4.69) is 62.0 Å². The normalized spacial score (nSPS) is 14.8. The van der Waals surface area contributed by atoms with E-state index in [1.807, 2.05) is 63.4 Å². The predicted octanol–water partition coefficient (Wildman–Crippen LogP) is 14.1. The average molecular weight is 1030 g/mol. The van der Waals surface area contributed by atoms with Gasteiger partial charge in [0.15, 0.2) is 0 Å². The molecule has 3 aromatic heterocycles. The fraction of sp³-hybridized carbons (Fsp3) is 0.172. The number of imidazole rings is 1. The van der Waals surface area contributed by atoms with Crippen molar-refractivity contribution in [2.45, 2.75) is 66.1 Å². The molecule has 0 radical (unpaired) electrons. The van der Waals surface area contributed by atoms with Crippen LogP contribution in [0.15, 0.2) is 158 Å². The molecule has 0 saturated heterocycles. The number of aryl methyl sites for hydroxylation is 2. The first-order chi connectivity index (χ1) is 34.8. The molecule has 64 heavy (non-hydrogen) atoms. The Bertz CT molecular complexity index is 3840. The summed E-state index contributed by atoms with van der Waals surface area (Å²) < 4.78 is 107. The standard InChI is InChI=1S/C58H50N4O.Pt/c1-38-17-14-18-39(2)55(38)41-27-30-51-53(33-41)60(37-61(51)56-46(40-19-10-9-11-20-40)24-16-25-49(56)58(6,7)8)43-21-15-22-44(35-43)63-45-28-29-48-47-23-12-13-26-50(47)62(52(48)36-45)54-34-42(31-32-59-54)57(3,4)5;/h9-34H,1-8H3;/q-2;/i1D3,2D3,9D,10D,11D,19D,20D;. The molecule has 0 N–H and O–H groups in total. The van der Waals surface area contributed by atoms with Crippen LogP contribution < -0.4 is 9.30 Å². The van der Waals surface area contributed by atoms with Crippen molar-refractivity contribution in [3.8, 4) is 50.9 Å². The van der Waals surface area contributed by atoms with Gasteiger partial charge in [0.25, 0.3) is 6.33 Å². The summed E-state index contributed by atoms with van der Waals surface area (Å²) >= 11 is 0. The first-order valence-corrected chi connectivity index (χ1v) is 20.8. The van der Waals surface area contributed by atoms with Gasteiger partial charge in [-0.05, 0) is 104 Å². The molecule has 0 amide bonds. The van der Waals surface area contributed by atoms with E-state index in [1.54, 1.807) is 57.7 Å². The molecular weight excluding hydrogens is 964 g/mol. The van der Waals surface area contributed by atoms with E-state index >= 15 is 0 Å². The van der Waals surface area contributed by atoms with E-state index in [4.69, 9.17) is 24.8 Å². The van der Waals surface area contributed by atoms with E-state index in [0.717, 1.165) is 38.8 Å². The Kier molecular flexibility index (Phi) is 8.09. The summed E-state index contributed by atoms with van der Waals surface area (Å²) in [6.45, 7) is 7.18. The number of hydrogen-bond donors (Lipinski definition) is 0. The second-order valence-corrected chi connectivity index (χ2v) is 17.7. The van der Waals surface area contributed by atoms with E-state index in [0.29, 0.717) is 45.0 Å². The minimum atomic E-state index is -2.68. The van der Waals surface area contributed by atoms with Crippen molar-refractivity contribution >= 4 is 32.8 Å². The van der Waals surface area contributed by atoms with E-state index < -0.39 is 37.2 Å². The Hall–Kier alpha value is -6.55. The van der Waals surface area contributed by atoms with Crippen molar-refractivity contribution in [2.75, 3.05) is 0 Å². The number of pyridine rings is 1. The van der Waals surface area contributed by atoms with Crippen molar-refractivity contribution in [2.24, 2.45) is 0 Å². The Balaban J connectivity index is 0.00000689. The summed E-state index contributed by atoms with van der Waals surface area (Å²) in [7, 11) is 0. The van der Waals surface area contributed by atoms with Crippen LogP contribution in [0.25, 0.3) is 72.3 Å². The van der Waals surface area contributed by atoms with Gasteiger partial charge in [0.1, 0.15) is 5.82 Å². The molecule has 5 nitrogen and oxygen atoms in total. The second-order valence-electron chi connectivity index (χ2n) is 17.7. The van der Waals surface area contributed by atoms with Crippen molar-refractivity contribution in [3.63, 3.8) is 0 Å². The van der Waals surface area contributed by atoms with Gasteiger partial charge in [0.2, 0.25) is 0 Å². The fourth-order valence-corrected chi connectivity index (χ4v) is 8.37. The molecule has 0 unspecified atom stereocenters. The van der Waals surface area contributed by atoms with Crippen LogP contribution >= 0.6 is 0 Å². The number of rotatable bonds is 7. The smallest absolute Gasteiger partial charge is 0.268 e. The van der Waals surface area contributed by atoms with Crippen LogP contribution in [0.4, 0.5) is 0 Å². The quantitative estimate of drug-likeness (QED) is 0.118. The maximum absolute atomic E-state index is 9.09. The van der Waals surface area contributed by atoms with E-state index in [-0.39, 0.29) is 60.8 Å². The summed E-state index contributed by atoms with van der Waals surface area (Å²) in [5.41, 5.74) is 5.23. The second kappa shape index (κ2) is 16.5. The van der Waals surface area contributed by atoms with Crippen molar-refractivity contribution in [1.82, 2.24) is 14.1 Å². The van der Waals surface area contributed by atoms with Crippen LogP contribution in [0, 0.1) is 32.2 Å². The monoisotopic (exact) mass is 1020 g/mol. The van der Waals surface area contributed by atoms with E-state index in [1.165, 1.54) is 18.2 Å². The molecule has 7 aromatic carbocycles. The molecule has 0 fully saturated rings. The van der Waals surface area contributed by atoms with Crippen LogP contribution in [0.5, 0.6) is 11.5 Å². The third kappa shape index (κ3) is 7.66. The average Bonchev–Trinajstić information content (AvgIpc) is 3.92. The molecule has 0 aliphatic heterocycles. The van der Waals surface area contributed by atoms with Crippen molar-refractivity contribution in [3.05, 3.63) is 198 Å². The number of benzene rings is 7. The SMILES string of the molecule is [2H]c1c([2H])c([2H])c(-c2cccc(C(C)(C)C)c2-[n+]2[c-]n(-c3[c-]c(Oc4[c-]c5c(cc4)c4ccccc4n5-c4cc(C(C)(C)C)ccn4)ccc3)c3cc(-c4c(C([2H])([2H])[2H])cccc4C([2H])([2H])[2H])ccc32)c([2H])c1[2H].[Pt]. The van der Waals surface area contributed by atoms with Gasteiger partial charge >= 0.3 is 0 Å². The topological polar surface area (TPSA) is 35.9 Å². The zero-order valence-electron chi connectivity index (χ0n) is 47.1. The van der Waals surface area contributed by atoms with Crippen LogP contribution in [0.3, 0.4) is 0 Å². The molecule has 0 atom stereocenters. The summed E-state index contributed by atoms with van der Waals surface area (Å²) in [5, 5.41) is 1.99. The number of ether oxygens (including phenoxy) is 1.